The van der Waals surface area contributed by atoms with Crippen LogP contribution in [0.3, 0.4) is 0 Å². The molecule has 0 atom stereocenters. The van der Waals surface area contributed by atoms with Crippen molar-refractivity contribution in [2.24, 2.45) is 0 Å². The van der Waals surface area contributed by atoms with E-state index in [1.807, 2.05) is 12.3 Å². The predicted molar refractivity (Wildman–Crippen MR) is 73.9 cm³/mol. The second kappa shape index (κ2) is 5.57. The van der Waals surface area contributed by atoms with E-state index in [9.17, 15) is 0 Å². The van der Waals surface area contributed by atoms with Crippen molar-refractivity contribution < 1.29 is 4.74 Å². The first-order chi connectivity index (χ1) is 9.15. The number of hydrogen-bond donors (Lipinski definition) is 0. The van der Waals surface area contributed by atoms with E-state index in [0.29, 0.717) is 5.92 Å². The van der Waals surface area contributed by atoms with Gasteiger partial charge in [0.25, 0.3) is 0 Å². The average molecular weight is 255 g/mol. The molecule has 1 heterocycles. The molecule has 1 aromatic carbocycles. The van der Waals surface area contributed by atoms with Gasteiger partial charge in [-0.05, 0) is 23.6 Å². The van der Waals surface area contributed by atoms with Crippen molar-refractivity contribution in [3.05, 3.63) is 36.2 Å². The molecule has 0 N–H and O–H groups in total. The fourth-order valence-electron chi connectivity index (χ4n) is 1.97. The minimum atomic E-state index is 0.256. The SMILES string of the molecule is COc1ccc(C(C)C)cc1-c1cnn(CC#N)c1. The summed E-state index contributed by atoms with van der Waals surface area (Å²) in [4.78, 5) is 0. The van der Waals surface area contributed by atoms with Crippen LogP contribution in [0, 0.1) is 11.3 Å². The van der Waals surface area contributed by atoms with Crippen LogP contribution in [0.1, 0.15) is 25.3 Å². The Morgan fingerprint density at radius 3 is 2.84 bits per heavy atom. The first-order valence-electron chi connectivity index (χ1n) is 6.23. The van der Waals surface area contributed by atoms with Crippen molar-refractivity contribution in [1.82, 2.24) is 9.78 Å². The normalized spacial score (nSPS) is 10.5. The van der Waals surface area contributed by atoms with Gasteiger partial charge in [-0.1, -0.05) is 19.9 Å². The van der Waals surface area contributed by atoms with Gasteiger partial charge in [0.15, 0.2) is 0 Å². The topological polar surface area (TPSA) is 50.8 Å². The molecule has 4 heteroatoms. The Morgan fingerprint density at radius 2 is 2.21 bits per heavy atom. The van der Waals surface area contributed by atoms with E-state index in [4.69, 9.17) is 10.00 Å². The van der Waals surface area contributed by atoms with Crippen LogP contribution in [0.4, 0.5) is 0 Å². The predicted octanol–water partition coefficient (Wildman–Crippen LogP) is 3.21. The molecule has 0 aliphatic heterocycles. The van der Waals surface area contributed by atoms with Crippen LogP contribution in [0.15, 0.2) is 30.6 Å². The van der Waals surface area contributed by atoms with Gasteiger partial charge in [0.2, 0.25) is 0 Å². The lowest BCUT2D eigenvalue weighted by molar-refractivity contribution is 0.416. The van der Waals surface area contributed by atoms with Crippen LogP contribution in [0.5, 0.6) is 5.75 Å². The third-order valence-electron chi connectivity index (χ3n) is 3.07. The highest BCUT2D eigenvalue weighted by atomic mass is 16.5. The van der Waals surface area contributed by atoms with Gasteiger partial charge in [-0.2, -0.15) is 10.4 Å². The standard InChI is InChI=1S/C15H17N3O/c1-11(2)12-4-5-15(19-3)14(8-12)13-9-17-18(10-13)7-6-16/h4-5,8-11H,7H2,1-3H3. The molecule has 2 rings (SSSR count). The molecule has 0 amide bonds. The van der Waals surface area contributed by atoms with Crippen molar-refractivity contribution >= 4 is 0 Å². The molecule has 4 nitrogen and oxygen atoms in total. The number of ether oxygens (including phenoxy) is 1. The summed E-state index contributed by atoms with van der Waals surface area (Å²) in [6.45, 7) is 4.57. The van der Waals surface area contributed by atoms with Crippen LogP contribution in [-0.2, 0) is 6.54 Å². The Bertz CT molecular complexity index is 608. The van der Waals surface area contributed by atoms with Gasteiger partial charge in [-0.15, -0.1) is 0 Å². The molecule has 1 aromatic heterocycles. The number of aromatic nitrogens is 2. The molecule has 0 aliphatic rings. The van der Waals surface area contributed by atoms with Crippen molar-refractivity contribution in [2.75, 3.05) is 7.11 Å². The maximum Gasteiger partial charge on any atom is 0.128 e. The molecule has 0 bridgehead atoms. The monoisotopic (exact) mass is 255 g/mol. The Morgan fingerprint density at radius 1 is 1.42 bits per heavy atom. The highest BCUT2D eigenvalue weighted by Crippen LogP contribution is 2.32. The van der Waals surface area contributed by atoms with Crippen molar-refractivity contribution in [2.45, 2.75) is 26.3 Å². The zero-order valence-electron chi connectivity index (χ0n) is 11.4. The van der Waals surface area contributed by atoms with E-state index in [-0.39, 0.29) is 6.54 Å². The molecule has 0 saturated heterocycles. The molecule has 2 aromatic rings. The van der Waals surface area contributed by atoms with Gasteiger partial charge in [0, 0.05) is 17.3 Å². The molecule has 0 aliphatic carbocycles. The van der Waals surface area contributed by atoms with Crippen LogP contribution >= 0.6 is 0 Å². The number of benzene rings is 1. The maximum atomic E-state index is 8.68. The molecule has 19 heavy (non-hydrogen) atoms. The lowest BCUT2D eigenvalue weighted by Crippen LogP contribution is -1.94. The molecule has 0 spiro atoms. The minimum Gasteiger partial charge on any atom is -0.496 e. The van der Waals surface area contributed by atoms with Crippen molar-refractivity contribution in [1.29, 1.82) is 5.26 Å². The summed E-state index contributed by atoms with van der Waals surface area (Å²) in [6.07, 6.45) is 3.63. The summed E-state index contributed by atoms with van der Waals surface area (Å²) in [7, 11) is 1.66. The van der Waals surface area contributed by atoms with E-state index >= 15 is 0 Å². The highest BCUT2D eigenvalue weighted by molar-refractivity contribution is 5.70. The van der Waals surface area contributed by atoms with Gasteiger partial charge in [0.05, 0.1) is 19.4 Å². The number of methoxy groups -OCH3 is 1. The summed E-state index contributed by atoms with van der Waals surface area (Å²) < 4.78 is 7.02. The molecule has 0 unspecified atom stereocenters. The second-order valence-electron chi connectivity index (χ2n) is 4.70. The average Bonchev–Trinajstić information content (AvgIpc) is 2.87. The van der Waals surface area contributed by atoms with Gasteiger partial charge >= 0.3 is 0 Å². The third-order valence-corrected chi connectivity index (χ3v) is 3.07. The summed E-state index contributed by atoms with van der Waals surface area (Å²) in [5, 5.41) is 12.9. The summed E-state index contributed by atoms with van der Waals surface area (Å²) in [5.41, 5.74) is 3.23. The van der Waals surface area contributed by atoms with Gasteiger partial charge in [-0.3, -0.25) is 4.68 Å². The first-order valence-corrected chi connectivity index (χ1v) is 6.23. The number of hydrogen-bond acceptors (Lipinski definition) is 3. The number of nitrogens with zero attached hydrogens (tertiary/aromatic N) is 3. The molecule has 0 radical (unpaired) electrons. The lowest BCUT2D eigenvalue weighted by Gasteiger charge is -2.11. The minimum absolute atomic E-state index is 0.256. The van der Waals surface area contributed by atoms with E-state index in [1.54, 1.807) is 18.0 Å². The first kappa shape index (κ1) is 13.2. The number of rotatable bonds is 4. The van der Waals surface area contributed by atoms with Crippen molar-refractivity contribution in [3.8, 4) is 22.9 Å². The summed E-state index contributed by atoms with van der Waals surface area (Å²) >= 11 is 0. The fraction of sp³-hybridized carbons (Fsp3) is 0.333. The Labute approximate surface area is 113 Å². The van der Waals surface area contributed by atoms with Crippen LogP contribution in [-0.4, -0.2) is 16.9 Å². The van der Waals surface area contributed by atoms with Crippen LogP contribution in [0.2, 0.25) is 0 Å². The van der Waals surface area contributed by atoms with Crippen LogP contribution < -0.4 is 4.74 Å². The van der Waals surface area contributed by atoms with E-state index in [2.05, 4.69) is 37.1 Å². The van der Waals surface area contributed by atoms with Crippen molar-refractivity contribution in [3.63, 3.8) is 0 Å². The Balaban J connectivity index is 2.46. The zero-order valence-corrected chi connectivity index (χ0v) is 11.4. The Hall–Kier alpha value is -2.28. The third kappa shape index (κ3) is 2.76. The summed E-state index contributed by atoms with van der Waals surface area (Å²) in [5.74, 6) is 1.28. The largest absolute Gasteiger partial charge is 0.496 e. The molecular weight excluding hydrogens is 238 g/mol. The molecule has 0 fully saturated rings. The summed E-state index contributed by atoms with van der Waals surface area (Å²) in [6, 6.07) is 8.25. The van der Waals surface area contributed by atoms with E-state index in [0.717, 1.165) is 16.9 Å². The number of nitriles is 1. The quantitative estimate of drug-likeness (QED) is 0.843. The molecular formula is C15H17N3O. The Kier molecular flexibility index (Phi) is 3.86. The van der Waals surface area contributed by atoms with E-state index in [1.165, 1.54) is 5.56 Å². The maximum absolute atomic E-state index is 8.68. The van der Waals surface area contributed by atoms with Crippen LogP contribution in [0.25, 0.3) is 11.1 Å². The zero-order chi connectivity index (χ0) is 13.8. The highest BCUT2D eigenvalue weighted by Gasteiger charge is 2.10. The van der Waals surface area contributed by atoms with Gasteiger partial charge < -0.3 is 4.74 Å². The van der Waals surface area contributed by atoms with Gasteiger partial charge in [-0.25, -0.2) is 0 Å². The molecule has 0 saturated carbocycles. The lowest BCUT2D eigenvalue weighted by atomic mass is 9.98. The van der Waals surface area contributed by atoms with E-state index < -0.39 is 0 Å². The van der Waals surface area contributed by atoms with Gasteiger partial charge in [0.1, 0.15) is 12.3 Å². The molecule has 98 valence electrons. The second-order valence-corrected chi connectivity index (χ2v) is 4.70. The fourth-order valence-corrected chi connectivity index (χ4v) is 1.97. The smallest absolute Gasteiger partial charge is 0.128 e.